The Kier molecular flexibility index (Phi) is 4.51. The quantitative estimate of drug-likeness (QED) is 0.570. The molecular formula is C14H9BrF5N. The van der Waals surface area contributed by atoms with Gasteiger partial charge in [-0.1, -0.05) is 12.1 Å². The predicted molar refractivity (Wildman–Crippen MR) is 72.8 cm³/mol. The molecule has 0 bridgehead atoms. The lowest BCUT2D eigenvalue weighted by Crippen LogP contribution is -2.07. The zero-order valence-electron chi connectivity index (χ0n) is 10.4. The zero-order chi connectivity index (χ0) is 15.6. The zero-order valence-corrected chi connectivity index (χ0v) is 12.0. The third kappa shape index (κ3) is 3.93. The van der Waals surface area contributed by atoms with Crippen molar-refractivity contribution < 1.29 is 22.0 Å². The average Bonchev–Trinajstić information content (AvgIpc) is 2.41. The van der Waals surface area contributed by atoms with Gasteiger partial charge in [0.1, 0.15) is 11.6 Å². The van der Waals surface area contributed by atoms with Crippen molar-refractivity contribution in [2.45, 2.75) is 12.7 Å². The summed E-state index contributed by atoms with van der Waals surface area (Å²) >= 11 is 2.91. The first kappa shape index (κ1) is 15.8. The topological polar surface area (TPSA) is 12.0 Å². The lowest BCUT2D eigenvalue weighted by Gasteiger charge is -2.11. The summed E-state index contributed by atoms with van der Waals surface area (Å²) < 4.78 is 64.3. The molecule has 0 atom stereocenters. The Morgan fingerprint density at radius 3 is 2.38 bits per heavy atom. The molecule has 0 aliphatic heterocycles. The van der Waals surface area contributed by atoms with E-state index in [1.54, 1.807) is 0 Å². The largest absolute Gasteiger partial charge is 0.416 e. The number of anilines is 1. The first-order valence-electron chi connectivity index (χ1n) is 5.82. The molecule has 2 rings (SSSR count). The molecule has 0 heterocycles. The van der Waals surface area contributed by atoms with Crippen molar-refractivity contribution in [3.8, 4) is 0 Å². The molecule has 0 radical (unpaired) electrons. The van der Waals surface area contributed by atoms with Crippen LogP contribution in [0.5, 0.6) is 0 Å². The fraction of sp³-hybridized carbons (Fsp3) is 0.143. The van der Waals surface area contributed by atoms with E-state index in [4.69, 9.17) is 0 Å². The number of nitrogens with one attached hydrogen (secondary N) is 1. The van der Waals surface area contributed by atoms with E-state index in [0.717, 1.165) is 12.1 Å². The van der Waals surface area contributed by atoms with Crippen LogP contribution in [0.3, 0.4) is 0 Å². The molecule has 2 aromatic carbocycles. The van der Waals surface area contributed by atoms with Crippen LogP contribution in [0, 0.1) is 11.6 Å². The molecule has 0 unspecified atom stereocenters. The van der Waals surface area contributed by atoms with Crippen molar-refractivity contribution >= 4 is 21.6 Å². The highest BCUT2D eigenvalue weighted by atomic mass is 79.9. The Morgan fingerprint density at radius 1 is 1.00 bits per heavy atom. The van der Waals surface area contributed by atoms with Crippen LogP contribution in [0.1, 0.15) is 11.1 Å². The Labute approximate surface area is 125 Å². The van der Waals surface area contributed by atoms with Gasteiger partial charge < -0.3 is 5.32 Å². The Bertz CT molecular complexity index is 654. The van der Waals surface area contributed by atoms with Crippen LogP contribution in [0.15, 0.2) is 40.9 Å². The fourth-order valence-electron chi connectivity index (χ4n) is 1.71. The molecule has 0 saturated carbocycles. The highest BCUT2D eigenvalue weighted by Gasteiger charge is 2.30. The standard InChI is InChI=1S/C14H9BrF5N/c15-10-5-13(12(17)6-11(10)16)21-7-8-2-1-3-9(4-8)14(18,19)20/h1-6,21H,7H2. The minimum absolute atomic E-state index is 0.000636. The van der Waals surface area contributed by atoms with Crippen LogP contribution in [0.25, 0.3) is 0 Å². The summed E-state index contributed by atoms with van der Waals surface area (Å²) in [5.74, 6) is -1.57. The van der Waals surface area contributed by atoms with Gasteiger partial charge in [-0.05, 0) is 39.7 Å². The maximum Gasteiger partial charge on any atom is 0.416 e. The Morgan fingerprint density at radius 2 is 1.71 bits per heavy atom. The van der Waals surface area contributed by atoms with Crippen molar-refractivity contribution in [3.63, 3.8) is 0 Å². The first-order chi connectivity index (χ1) is 9.77. The third-order valence-electron chi connectivity index (χ3n) is 2.75. The molecule has 0 fully saturated rings. The second kappa shape index (κ2) is 6.01. The van der Waals surface area contributed by atoms with Gasteiger partial charge in [0.15, 0.2) is 0 Å². The number of hydrogen-bond acceptors (Lipinski definition) is 1. The number of benzene rings is 2. The second-order valence-electron chi connectivity index (χ2n) is 4.30. The lowest BCUT2D eigenvalue weighted by atomic mass is 10.1. The Hall–Kier alpha value is -1.63. The molecule has 0 amide bonds. The minimum atomic E-state index is -4.43. The maximum atomic E-state index is 13.5. The van der Waals surface area contributed by atoms with Crippen LogP contribution in [0.2, 0.25) is 0 Å². The van der Waals surface area contributed by atoms with E-state index in [9.17, 15) is 22.0 Å². The summed E-state index contributed by atoms with van der Waals surface area (Å²) in [5.41, 5.74) is -0.437. The van der Waals surface area contributed by atoms with Crippen molar-refractivity contribution in [1.29, 1.82) is 0 Å². The van der Waals surface area contributed by atoms with Crippen molar-refractivity contribution in [1.82, 2.24) is 0 Å². The van der Waals surface area contributed by atoms with Gasteiger partial charge in [0.05, 0.1) is 15.7 Å². The Balaban J connectivity index is 2.15. The number of rotatable bonds is 3. The number of hydrogen-bond donors (Lipinski definition) is 1. The van der Waals surface area contributed by atoms with Crippen molar-refractivity contribution in [3.05, 3.63) is 63.6 Å². The SMILES string of the molecule is Fc1cc(F)c(NCc2cccc(C(F)(F)F)c2)cc1Br. The summed E-state index contributed by atoms with van der Waals surface area (Å²) in [6.07, 6.45) is -4.43. The highest BCUT2D eigenvalue weighted by Crippen LogP contribution is 2.30. The lowest BCUT2D eigenvalue weighted by molar-refractivity contribution is -0.137. The monoisotopic (exact) mass is 365 g/mol. The molecule has 0 saturated heterocycles. The normalized spacial score (nSPS) is 11.5. The van der Waals surface area contributed by atoms with E-state index in [0.29, 0.717) is 11.6 Å². The molecule has 21 heavy (non-hydrogen) atoms. The summed E-state index contributed by atoms with van der Waals surface area (Å²) in [6, 6.07) is 6.58. The van der Waals surface area contributed by atoms with Gasteiger partial charge in [-0.25, -0.2) is 8.78 Å². The summed E-state index contributed by atoms with van der Waals surface area (Å²) in [7, 11) is 0. The first-order valence-corrected chi connectivity index (χ1v) is 6.61. The van der Waals surface area contributed by atoms with Crippen LogP contribution in [-0.4, -0.2) is 0 Å². The number of halogens is 6. The van der Waals surface area contributed by atoms with Gasteiger partial charge >= 0.3 is 6.18 Å². The molecule has 0 spiro atoms. The molecule has 1 nitrogen and oxygen atoms in total. The highest BCUT2D eigenvalue weighted by molar-refractivity contribution is 9.10. The summed E-state index contributed by atoms with van der Waals surface area (Å²) in [5, 5.41) is 2.64. The molecule has 1 N–H and O–H groups in total. The van der Waals surface area contributed by atoms with Crippen LogP contribution < -0.4 is 5.32 Å². The van der Waals surface area contributed by atoms with Crippen LogP contribution in [-0.2, 0) is 12.7 Å². The van der Waals surface area contributed by atoms with E-state index < -0.39 is 23.4 Å². The van der Waals surface area contributed by atoms with Gasteiger partial charge in [-0.3, -0.25) is 0 Å². The second-order valence-corrected chi connectivity index (χ2v) is 5.15. The predicted octanol–water partition coefficient (Wildman–Crippen LogP) is 5.36. The molecule has 7 heteroatoms. The van der Waals surface area contributed by atoms with Gasteiger partial charge in [0, 0.05) is 12.6 Å². The van der Waals surface area contributed by atoms with Crippen LogP contribution >= 0.6 is 15.9 Å². The van der Waals surface area contributed by atoms with Crippen LogP contribution in [0.4, 0.5) is 27.6 Å². The third-order valence-corrected chi connectivity index (χ3v) is 3.35. The smallest absolute Gasteiger partial charge is 0.379 e. The molecule has 112 valence electrons. The van der Waals surface area contributed by atoms with E-state index in [1.165, 1.54) is 18.2 Å². The minimum Gasteiger partial charge on any atom is -0.379 e. The van der Waals surface area contributed by atoms with E-state index in [1.807, 2.05) is 0 Å². The van der Waals surface area contributed by atoms with E-state index in [2.05, 4.69) is 21.2 Å². The van der Waals surface area contributed by atoms with Gasteiger partial charge in [-0.2, -0.15) is 13.2 Å². The fourth-order valence-corrected chi connectivity index (χ4v) is 2.06. The van der Waals surface area contributed by atoms with Crippen molar-refractivity contribution in [2.24, 2.45) is 0 Å². The maximum absolute atomic E-state index is 13.5. The molecule has 0 aromatic heterocycles. The van der Waals surface area contributed by atoms with Crippen molar-refractivity contribution in [2.75, 3.05) is 5.32 Å². The summed E-state index contributed by atoms with van der Waals surface area (Å²) in [6.45, 7) is -0.0150. The van der Waals surface area contributed by atoms with Gasteiger partial charge in [0.2, 0.25) is 0 Å². The molecular weight excluding hydrogens is 357 g/mol. The molecule has 0 aliphatic carbocycles. The molecule has 0 aliphatic rings. The van der Waals surface area contributed by atoms with Gasteiger partial charge in [-0.15, -0.1) is 0 Å². The summed E-state index contributed by atoms with van der Waals surface area (Å²) in [4.78, 5) is 0. The van der Waals surface area contributed by atoms with Gasteiger partial charge in [0.25, 0.3) is 0 Å². The average molecular weight is 366 g/mol. The van der Waals surface area contributed by atoms with E-state index in [-0.39, 0.29) is 16.7 Å². The van der Waals surface area contributed by atoms with E-state index >= 15 is 0 Å². The molecule has 2 aromatic rings. The number of alkyl halides is 3.